The lowest BCUT2D eigenvalue weighted by Crippen LogP contribution is -2.43. The number of nitrogens with zero attached hydrogens (tertiary/aromatic N) is 3. The summed E-state index contributed by atoms with van der Waals surface area (Å²) in [7, 11) is 0. The van der Waals surface area contributed by atoms with E-state index < -0.39 is 5.82 Å². The van der Waals surface area contributed by atoms with Crippen LogP contribution < -0.4 is 5.32 Å². The van der Waals surface area contributed by atoms with Crippen molar-refractivity contribution in [3.63, 3.8) is 0 Å². The molecule has 1 amide bonds. The number of hydrogen-bond acceptors (Lipinski definition) is 4. The molecule has 1 N–H and O–H groups in total. The second-order valence-corrected chi connectivity index (χ2v) is 7.86. The lowest BCUT2D eigenvalue weighted by molar-refractivity contribution is 0.0928. The van der Waals surface area contributed by atoms with Crippen LogP contribution in [-0.2, 0) is 6.42 Å². The van der Waals surface area contributed by atoms with Gasteiger partial charge in [0, 0.05) is 11.6 Å². The Morgan fingerprint density at radius 3 is 2.66 bits per heavy atom. The van der Waals surface area contributed by atoms with Crippen LogP contribution >= 0.6 is 11.6 Å². The molecule has 0 saturated carbocycles. The maximum absolute atomic E-state index is 13.8. The number of carbonyl (C=O) groups is 1. The average Bonchev–Trinajstić information content (AvgIpc) is 3.26. The second-order valence-electron chi connectivity index (χ2n) is 7.46. The number of rotatable bonds is 4. The van der Waals surface area contributed by atoms with Crippen molar-refractivity contribution in [3.8, 4) is 23.4 Å². The Balaban J connectivity index is 1.52. The van der Waals surface area contributed by atoms with Crippen molar-refractivity contribution in [1.82, 2.24) is 10.2 Å². The van der Waals surface area contributed by atoms with E-state index in [1.807, 2.05) is 6.07 Å². The van der Waals surface area contributed by atoms with Crippen molar-refractivity contribution < 1.29 is 9.18 Å². The smallest absolute Gasteiger partial charge is 0.253 e. The Labute approximate surface area is 173 Å². The topological polar surface area (TPSA) is 79.9 Å². The van der Waals surface area contributed by atoms with Crippen molar-refractivity contribution in [2.75, 3.05) is 0 Å². The SMILES string of the molecule is N#CCc1cc(-c2ccc(C(=O)N[C@@H]3C[C@@H]4CC[C@H]3N4C#N)c(Cl)c2)ccc1F. The fraction of sp³-hybridized carbons (Fsp3) is 0.318. The van der Waals surface area contributed by atoms with Gasteiger partial charge < -0.3 is 10.2 Å². The first kappa shape index (κ1) is 19.2. The maximum atomic E-state index is 13.8. The van der Waals surface area contributed by atoms with Crippen LogP contribution in [0.2, 0.25) is 5.02 Å². The number of halogens is 2. The number of fused-ring (bicyclic) bond motifs is 2. The minimum Gasteiger partial charge on any atom is -0.347 e. The van der Waals surface area contributed by atoms with Gasteiger partial charge in [0.15, 0.2) is 6.19 Å². The zero-order valence-corrected chi connectivity index (χ0v) is 16.3. The molecule has 2 aliphatic heterocycles. The molecule has 0 aliphatic carbocycles. The number of nitriles is 2. The molecule has 0 aromatic heterocycles. The minimum absolute atomic E-state index is 0.0167. The monoisotopic (exact) mass is 408 g/mol. The molecule has 0 spiro atoms. The molecule has 146 valence electrons. The molecule has 3 atom stereocenters. The van der Waals surface area contributed by atoms with Gasteiger partial charge in [-0.15, -0.1) is 0 Å². The van der Waals surface area contributed by atoms with Crippen LogP contribution in [0.25, 0.3) is 11.1 Å². The fourth-order valence-corrected chi connectivity index (χ4v) is 4.67. The third-order valence-electron chi connectivity index (χ3n) is 5.83. The first-order valence-electron chi connectivity index (χ1n) is 9.46. The maximum Gasteiger partial charge on any atom is 0.253 e. The van der Waals surface area contributed by atoms with Crippen molar-refractivity contribution >= 4 is 17.5 Å². The van der Waals surface area contributed by atoms with Crippen molar-refractivity contribution in [3.05, 3.63) is 58.4 Å². The Hall–Kier alpha value is -3.09. The van der Waals surface area contributed by atoms with Gasteiger partial charge in [-0.3, -0.25) is 4.79 Å². The summed E-state index contributed by atoms with van der Waals surface area (Å²) in [5, 5.41) is 21.4. The summed E-state index contributed by atoms with van der Waals surface area (Å²) in [5.41, 5.74) is 2.15. The quantitative estimate of drug-likeness (QED) is 0.774. The Morgan fingerprint density at radius 2 is 1.97 bits per heavy atom. The van der Waals surface area contributed by atoms with Gasteiger partial charge in [-0.1, -0.05) is 23.7 Å². The normalized spacial score (nSPS) is 22.2. The van der Waals surface area contributed by atoms with Gasteiger partial charge in [0.2, 0.25) is 0 Å². The van der Waals surface area contributed by atoms with Crippen LogP contribution in [0.3, 0.4) is 0 Å². The second kappa shape index (κ2) is 7.73. The highest BCUT2D eigenvalue weighted by molar-refractivity contribution is 6.34. The van der Waals surface area contributed by atoms with E-state index in [0.717, 1.165) is 30.4 Å². The number of hydrogen-bond donors (Lipinski definition) is 1. The van der Waals surface area contributed by atoms with Gasteiger partial charge >= 0.3 is 0 Å². The van der Waals surface area contributed by atoms with Gasteiger partial charge in [0.25, 0.3) is 5.91 Å². The van der Waals surface area contributed by atoms with E-state index in [1.54, 1.807) is 35.2 Å². The molecule has 29 heavy (non-hydrogen) atoms. The highest BCUT2D eigenvalue weighted by Gasteiger charge is 2.46. The Bertz CT molecular complexity index is 1060. The molecule has 2 aliphatic rings. The molecule has 2 aromatic carbocycles. The number of amides is 1. The van der Waals surface area contributed by atoms with Crippen molar-refractivity contribution in [2.45, 2.75) is 43.8 Å². The van der Waals surface area contributed by atoms with E-state index in [2.05, 4.69) is 11.5 Å². The molecule has 2 aromatic rings. The predicted molar refractivity (Wildman–Crippen MR) is 106 cm³/mol. The summed E-state index contributed by atoms with van der Waals surface area (Å²) in [5.74, 6) is -0.684. The van der Waals surface area contributed by atoms with Crippen LogP contribution in [0.1, 0.15) is 35.2 Å². The number of benzene rings is 2. The first-order valence-corrected chi connectivity index (χ1v) is 9.84. The molecular formula is C22H18ClFN4O. The van der Waals surface area contributed by atoms with Crippen molar-refractivity contribution in [1.29, 1.82) is 10.5 Å². The predicted octanol–water partition coefficient (Wildman–Crippen LogP) is 4.03. The van der Waals surface area contributed by atoms with E-state index in [9.17, 15) is 14.4 Å². The third kappa shape index (κ3) is 3.52. The zero-order chi connectivity index (χ0) is 20.5. The lowest BCUT2D eigenvalue weighted by atomic mass is 9.95. The van der Waals surface area contributed by atoms with Gasteiger partial charge in [-0.25, -0.2) is 4.39 Å². The molecular weight excluding hydrogens is 391 g/mol. The summed E-state index contributed by atoms with van der Waals surface area (Å²) in [6.07, 6.45) is 4.89. The van der Waals surface area contributed by atoms with Gasteiger partial charge in [-0.2, -0.15) is 10.5 Å². The summed E-state index contributed by atoms with van der Waals surface area (Å²) in [4.78, 5) is 14.5. The Morgan fingerprint density at radius 1 is 1.21 bits per heavy atom. The highest BCUT2D eigenvalue weighted by atomic mass is 35.5. The minimum atomic E-state index is -0.422. The van der Waals surface area contributed by atoms with Gasteiger partial charge in [0.1, 0.15) is 5.82 Å². The highest BCUT2D eigenvalue weighted by Crippen LogP contribution is 2.37. The van der Waals surface area contributed by atoms with E-state index in [-0.39, 0.29) is 30.5 Å². The largest absolute Gasteiger partial charge is 0.347 e. The third-order valence-corrected chi connectivity index (χ3v) is 6.14. The summed E-state index contributed by atoms with van der Waals surface area (Å²) >= 11 is 6.38. The Kier molecular flexibility index (Phi) is 5.13. The van der Waals surface area contributed by atoms with Gasteiger partial charge in [-0.05, 0) is 54.7 Å². The van der Waals surface area contributed by atoms with Crippen LogP contribution in [0.15, 0.2) is 36.4 Å². The zero-order valence-electron chi connectivity index (χ0n) is 15.5. The fourth-order valence-electron chi connectivity index (χ4n) is 4.40. The van der Waals surface area contributed by atoms with E-state index in [1.165, 1.54) is 6.07 Å². The van der Waals surface area contributed by atoms with Crippen LogP contribution in [-0.4, -0.2) is 28.9 Å². The van der Waals surface area contributed by atoms with E-state index in [4.69, 9.17) is 16.9 Å². The molecule has 7 heteroatoms. The molecule has 4 rings (SSSR count). The standard InChI is InChI=1S/C22H18ClFN4O/c23-18-10-14(13-2-5-19(24)15(9-13)7-8-25)1-4-17(18)22(29)27-20-11-16-3-6-21(20)28(16)12-26/h1-2,4-5,9-10,16,20-21H,3,6-7,11H2,(H,27,29)/t16-,20+,21+/m0/s1. The van der Waals surface area contributed by atoms with E-state index in [0.29, 0.717) is 16.1 Å². The molecule has 0 radical (unpaired) electrons. The average molecular weight is 409 g/mol. The van der Waals surface area contributed by atoms with E-state index >= 15 is 0 Å². The molecule has 2 heterocycles. The molecule has 2 bridgehead atoms. The summed E-state index contributed by atoms with van der Waals surface area (Å²) in [6.45, 7) is 0. The van der Waals surface area contributed by atoms with Gasteiger partial charge in [0.05, 0.1) is 35.2 Å². The lowest BCUT2D eigenvalue weighted by Gasteiger charge is -2.22. The molecule has 0 unspecified atom stereocenters. The van der Waals surface area contributed by atoms with Crippen LogP contribution in [0.4, 0.5) is 4.39 Å². The first-order chi connectivity index (χ1) is 14.0. The number of nitrogens with one attached hydrogen (secondary N) is 1. The summed E-state index contributed by atoms with van der Waals surface area (Å²) in [6, 6.07) is 11.8. The van der Waals surface area contributed by atoms with Crippen LogP contribution in [0, 0.1) is 28.6 Å². The van der Waals surface area contributed by atoms with Crippen molar-refractivity contribution in [2.24, 2.45) is 0 Å². The molecule has 2 fully saturated rings. The number of carbonyl (C=O) groups excluding carboxylic acids is 1. The van der Waals surface area contributed by atoms with Crippen LogP contribution in [0.5, 0.6) is 0 Å². The summed E-state index contributed by atoms with van der Waals surface area (Å²) < 4.78 is 13.8. The molecule has 5 nitrogen and oxygen atoms in total. The molecule has 2 saturated heterocycles.